The molecule has 0 heterocycles. The van der Waals surface area contributed by atoms with Gasteiger partial charge in [-0.3, -0.25) is 0 Å². The molecule has 0 bridgehead atoms. The maximum atomic E-state index is 10.8. The van der Waals surface area contributed by atoms with Crippen LogP contribution in [0.4, 0.5) is 0 Å². The predicted molar refractivity (Wildman–Crippen MR) is 279 cm³/mol. The summed E-state index contributed by atoms with van der Waals surface area (Å²) in [6, 6.07) is 16.8. The molecule has 0 aliphatic heterocycles. The average molecular weight is 1040 g/mol. The summed E-state index contributed by atoms with van der Waals surface area (Å²) < 4.78 is 1.51. The lowest BCUT2D eigenvalue weighted by atomic mass is 9.55. The third-order valence-corrected chi connectivity index (χ3v) is 15.9. The van der Waals surface area contributed by atoms with Crippen molar-refractivity contribution in [1.29, 1.82) is 0 Å². The van der Waals surface area contributed by atoms with Gasteiger partial charge in [-0.05, 0) is 173 Å². The zero-order valence-corrected chi connectivity index (χ0v) is 46.2. The molecule has 4 aromatic rings. The molecule has 0 amide bonds. The molecule has 0 aromatic heterocycles. The van der Waals surface area contributed by atoms with Gasteiger partial charge in [-0.1, -0.05) is 158 Å². The number of benzene rings is 4. The van der Waals surface area contributed by atoms with E-state index in [1.165, 1.54) is 17.5 Å². The highest BCUT2D eigenvalue weighted by molar-refractivity contribution is 9.11. The van der Waals surface area contributed by atoms with Gasteiger partial charge in [-0.2, -0.15) is 0 Å². The number of phenols is 4. The Hall–Kier alpha value is -2.38. The van der Waals surface area contributed by atoms with Crippen LogP contribution in [0.15, 0.2) is 57.5 Å². The van der Waals surface area contributed by atoms with Crippen molar-refractivity contribution in [2.24, 2.45) is 22.7 Å². The second-order valence-electron chi connectivity index (χ2n) is 24.2. The van der Waals surface area contributed by atoms with Gasteiger partial charge in [-0.15, -0.1) is 0 Å². The summed E-state index contributed by atoms with van der Waals surface area (Å²) in [6.45, 7) is 35.1. The molecule has 4 N–H and O–H groups in total. The third-order valence-electron chi connectivity index (χ3n) is 14.1. The zero-order chi connectivity index (χ0) is 48.4. The molecule has 352 valence electrons. The molecule has 0 saturated heterocycles. The average Bonchev–Trinajstić information content (AvgIpc) is 3.12. The van der Waals surface area contributed by atoms with E-state index in [0.29, 0.717) is 33.4 Å². The van der Waals surface area contributed by atoms with Crippen LogP contribution in [0.5, 0.6) is 23.0 Å². The predicted octanol–water partition coefficient (Wildman–Crippen LogP) is 18.1. The first-order valence-electron chi connectivity index (χ1n) is 23.3. The summed E-state index contributed by atoms with van der Waals surface area (Å²) in [4.78, 5) is 0. The highest BCUT2D eigenvalue weighted by Crippen LogP contribution is 2.58. The number of hydrogen-bond acceptors (Lipinski definition) is 4. The van der Waals surface area contributed by atoms with Gasteiger partial charge in [0.25, 0.3) is 0 Å². The number of aromatic hydroxyl groups is 4. The molecule has 2 fully saturated rings. The number of phenolic OH excluding ortho intramolecular Hbond substituents is 4. The van der Waals surface area contributed by atoms with E-state index >= 15 is 0 Å². The maximum Gasteiger partial charge on any atom is 0.137 e. The van der Waals surface area contributed by atoms with E-state index in [-0.39, 0.29) is 55.8 Å². The summed E-state index contributed by atoms with van der Waals surface area (Å²) in [7, 11) is 0. The van der Waals surface area contributed by atoms with Gasteiger partial charge in [0.05, 0.1) is 19.0 Å². The van der Waals surface area contributed by atoms with Crippen molar-refractivity contribution in [2.45, 2.75) is 183 Å². The van der Waals surface area contributed by atoms with Gasteiger partial charge in [0.15, 0.2) is 0 Å². The molecule has 64 heavy (non-hydrogen) atoms. The Bertz CT molecular complexity index is 2230. The Morgan fingerprint density at radius 2 is 0.797 bits per heavy atom. The van der Waals surface area contributed by atoms with Crippen LogP contribution in [0.3, 0.4) is 0 Å². The molecule has 0 spiro atoms. The maximum absolute atomic E-state index is 10.8. The lowest BCUT2D eigenvalue weighted by Crippen LogP contribution is -2.41. The van der Waals surface area contributed by atoms with E-state index in [1.807, 2.05) is 12.1 Å². The van der Waals surface area contributed by atoms with E-state index in [9.17, 15) is 20.4 Å². The van der Waals surface area contributed by atoms with Crippen molar-refractivity contribution in [1.82, 2.24) is 0 Å². The van der Waals surface area contributed by atoms with Crippen molar-refractivity contribution in [3.8, 4) is 23.0 Å². The van der Waals surface area contributed by atoms with Gasteiger partial charge in [-0.25, -0.2) is 0 Å². The molecular formula is C56H76Br2Cl2O4. The molecule has 2 unspecified atom stereocenters. The van der Waals surface area contributed by atoms with Gasteiger partial charge < -0.3 is 20.4 Å². The second-order valence-corrected chi connectivity index (χ2v) is 26.7. The summed E-state index contributed by atoms with van der Waals surface area (Å²) in [5.74, 6) is 2.49. The van der Waals surface area contributed by atoms with Crippen LogP contribution in [0.25, 0.3) is 0 Å². The van der Waals surface area contributed by atoms with E-state index < -0.39 is 0 Å². The number of rotatable bonds is 6. The summed E-state index contributed by atoms with van der Waals surface area (Å²) in [5, 5.41) is 43.8. The van der Waals surface area contributed by atoms with E-state index in [2.05, 4.69) is 179 Å². The molecule has 4 aromatic carbocycles. The number of hydrogen-bond donors (Lipinski definition) is 4. The summed E-state index contributed by atoms with van der Waals surface area (Å²) >= 11 is 20.6. The van der Waals surface area contributed by atoms with Crippen LogP contribution in [0.2, 0.25) is 10.0 Å². The molecule has 0 radical (unpaired) electrons. The van der Waals surface area contributed by atoms with Crippen LogP contribution in [0, 0.1) is 22.7 Å². The van der Waals surface area contributed by atoms with Crippen molar-refractivity contribution in [2.75, 3.05) is 0 Å². The van der Waals surface area contributed by atoms with E-state index in [4.69, 9.17) is 23.2 Å². The SMILES string of the molecule is CC1CC(C)(C)CC(c2cc(Br)c(O)c(C(C)C)c2)(c2cc(Br)c(O)c(C(C)C)c2)C1.CC1CC(C)(C)CC(c2cc(Cl)c(O)c(C(C)(C)C)c2)(c2cc(Cl)c(O)c(C(C)(C)C)c2)C1. The Morgan fingerprint density at radius 1 is 0.500 bits per heavy atom. The summed E-state index contributed by atoms with van der Waals surface area (Å²) in [5.41, 5.74) is 7.59. The van der Waals surface area contributed by atoms with E-state index in [0.717, 1.165) is 74.4 Å². The first kappa shape index (κ1) is 52.6. The van der Waals surface area contributed by atoms with Crippen molar-refractivity contribution < 1.29 is 20.4 Å². The van der Waals surface area contributed by atoms with Crippen LogP contribution in [-0.4, -0.2) is 20.4 Å². The summed E-state index contributed by atoms with van der Waals surface area (Å²) in [6.07, 6.45) is 6.28. The molecule has 6 rings (SSSR count). The quantitative estimate of drug-likeness (QED) is 0.155. The van der Waals surface area contributed by atoms with Crippen LogP contribution in [-0.2, 0) is 21.7 Å². The molecule has 8 heteroatoms. The minimum atomic E-state index is -0.337. The normalized spacial score (nSPS) is 20.5. The van der Waals surface area contributed by atoms with Crippen molar-refractivity contribution in [3.05, 3.63) is 112 Å². The van der Waals surface area contributed by atoms with Crippen LogP contribution < -0.4 is 0 Å². The topological polar surface area (TPSA) is 80.9 Å². The van der Waals surface area contributed by atoms with Gasteiger partial charge in [0, 0.05) is 22.0 Å². The lowest BCUT2D eigenvalue weighted by molar-refractivity contribution is 0.126. The zero-order valence-electron chi connectivity index (χ0n) is 41.5. The van der Waals surface area contributed by atoms with Gasteiger partial charge in [0.2, 0.25) is 0 Å². The van der Waals surface area contributed by atoms with Crippen molar-refractivity contribution >= 4 is 55.1 Å². The van der Waals surface area contributed by atoms with Gasteiger partial charge in [0.1, 0.15) is 23.0 Å². The fourth-order valence-electron chi connectivity index (χ4n) is 11.9. The minimum absolute atomic E-state index is 0.107. The third kappa shape index (κ3) is 10.8. The highest BCUT2D eigenvalue weighted by atomic mass is 79.9. The standard InChI is InChI=1S/C29H40Cl2O2.C27H36Br2O2/c1-17-14-28(8,9)16-29(15-17,18-10-20(26(2,3)4)24(32)22(30)12-18)19-11-21(27(5,6)7)25(33)23(31)13-19;1-15(2)20-8-18(10-22(28)24(20)30)27(13-17(5)12-26(6,7)14-27)19-9-21(16(3)4)25(31)23(29)11-19/h10-13,17,32-33H,14-16H2,1-9H3;8-11,15-17,30-31H,12-14H2,1-7H3. The smallest absolute Gasteiger partial charge is 0.137 e. The minimum Gasteiger partial charge on any atom is -0.506 e. The fourth-order valence-corrected chi connectivity index (χ4v) is 13.3. The fraction of sp³-hybridized carbons (Fsp3) is 0.571. The largest absolute Gasteiger partial charge is 0.506 e. The molecular weight excluding hydrogens is 967 g/mol. The Labute approximate surface area is 413 Å². The highest BCUT2D eigenvalue weighted by Gasteiger charge is 2.48. The first-order valence-corrected chi connectivity index (χ1v) is 25.6. The Kier molecular flexibility index (Phi) is 15.3. The lowest BCUT2D eigenvalue weighted by Gasteiger charge is -2.49. The van der Waals surface area contributed by atoms with Crippen LogP contribution in [0.1, 0.15) is 206 Å². The molecule has 2 saturated carbocycles. The van der Waals surface area contributed by atoms with Gasteiger partial charge >= 0.3 is 0 Å². The first-order chi connectivity index (χ1) is 29.1. The van der Waals surface area contributed by atoms with E-state index in [1.54, 1.807) is 0 Å². The monoisotopic (exact) mass is 1040 g/mol. The molecule has 2 aliphatic rings. The second kappa shape index (κ2) is 18.6. The van der Waals surface area contributed by atoms with Crippen molar-refractivity contribution in [3.63, 3.8) is 0 Å². The Morgan fingerprint density at radius 3 is 1.06 bits per heavy atom. The molecule has 2 atom stereocenters. The molecule has 2 aliphatic carbocycles. The molecule has 4 nitrogen and oxygen atoms in total. The van der Waals surface area contributed by atoms with Crippen LogP contribution >= 0.6 is 55.1 Å². The Balaban J connectivity index is 0.000000241. The number of halogens is 4.